The molecule has 0 radical (unpaired) electrons. The Labute approximate surface area is 108 Å². The summed E-state index contributed by atoms with van der Waals surface area (Å²) in [5.41, 5.74) is 2.86. The fourth-order valence-electron chi connectivity index (χ4n) is 3.17. The third-order valence-corrected chi connectivity index (χ3v) is 4.35. The Morgan fingerprint density at radius 1 is 1.17 bits per heavy atom. The second-order valence-corrected chi connectivity index (χ2v) is 5.70. The van der Waals surface area contributed by atoms with Crippen LogP contribution in [0.4, 0.5) is 5.69 Å². The van der Waals surface area contributed by atoms with E-state index < -0.39 is 0 Å². The molecule has 1 fully saturated rings. The minimum atomic E-state index is 0.196. The number of para-hydroxylation sites is 1. The van der Waals surface area contributed by atoms with Crippen LogP contribution in [0.2, 0.25) is 0 Å². The molecule has 1 aromatic rings. The van der Waals surface area contributed by atoms with E-state index >= 15 is 0 Å². The molecule has 1 heterocycles. The van der Waals surface area contributed by atoms with Gasteiger partial charge in [-0.05, 0) is 31.1 Å². The summed E-state index contributed by atoms with van der Waals surface area (Å²) in [6.45, 7) is 4.37. The molecule has 0 amide bonds. The number of fused-ring (bicyclic) bond motifs is 1. The van der Waals surface area contributed by atoms with E-state index in [1.807, 2.05) is 6.08 Å². The quantitative estimate of drug-likeness (QED) is 0.752. The molecule has 18 heavy (non-hydrogen) atoms. The van der Waals surface area contributed by atoms with E-state index in [0.29, 0.717) is 12.2 Å². The lowest BCUT2D eigenvalue weighted by atomic mass is 9.70. The van der Waals surface area contributed by atoms with Crippen LogP contribution in [0.25, 0.3) is 0 Å². The van der Waals surface area contributed by atoms with Crippen LogP contribution in [0.1, 0.15) is 26.2 Å². The van der Waals surface area contributed by atoms with Gasteiger partial charge < -0.3 is 4.90 Å². The van der Waals surface area contributed by atoms with Crippen LogP contribution < -0.4 is 4.90 Å². The molecular weight excluding hydrogens is 222 g/mol. The predicted octanol–water partition coefficient (Wildman–Crippen LogP) is 3.19. The van der Waals surface area contributed by atoms with Gasteiger partial charge in [0.25, 0.3) is 0 Å². The van der Waals surface area contributed by atoms with Gasteiger partial charge in [-0.2, -0.15) is 0 Å². The number of nitrogens with zero attached hydrogens (tertiary/aromatic N) is 1. The van der Waals surface area contributed by atoms with Gasteiger partial charge in [0.2, 0.25) is 0 Å². The van der Waals surface area contributed by atoms with E-state index in [2.05, 4.69) is 42.2 Å². The van der Waals surface area contributed by atoms with Gasteiger partial charge in [0.15, 0.2) is 5.78 Å². The smallest absolute Gasteiger partial charge is 0.155 e. The normalized spacial score (nSPS) is 27.7. The first kappa shape index (κ1) is 11.5. The van der Waals surface area contributed by atoms with Gasteiger partial charge in [-0.15, -0.1) is 0 Å². The molecule has 2 nitrogen and oxygen atoms in total. The van der Waals surface area contributed by atoms with Gasteiger partial charge in [-0.1, -0.05) is 30.7 Å². The number of benzene rings is 1. The van der Waals surface area contributed by atoms with Crippen molar-refractivity contribution in [3.8, 4) is 0 Å². The monoisotopic (exact) mass is 241 g/mol. The fraction of sp³-hybridized carbons (Fsp3) is 0.438. The zero-order valence-electron chi connectivity index (χ0n) is 10.9. The SMILES string of the molecule is CC12CCC(=O)C=C1CCN(c1ccccc1)C2. The van der Waals surface area contributed by atoms with E-state index in [0.717, 1.165) is 25.9 Å². The lowest BCUT2D eigenvalue weighted by molar-refractivity contribution is -0.115. The standard InChI is InChI=1S/C16H19NO/c1-16-9-7-15(18)11-13(16)8-10-17(12-16)14-5-3-2-4-6-14/h2-6,11H,7-10,12H2,1H3. The maximum atomic E-state index is 11.5. The lowest BCUT2D eigenvalue weighted by Gasteiger charge is -2.45. The fourth-order valence-corrected chi connectivity index (χ4v) is 3.17. The van der Waals surface area contributed by atoms with Gasteiger partial charge in [0, 0.05) is 30.6 Å². The molecule has 0 aromatic heterocycles. The first-order valence-corrected chi connectivity index (χ1v) is 6.71. The molecule has 3 rings (SSSR count). The molecule has 1 unspecified atom stereocenters. The van der Waals surface area contributed by atoms with Crippen molar-refractivity contribution in [1.82, 2.24) is 0 Å². The van der Waals surface area contributed by atoms with Crippen molar-refractivity contribution in [3.05, 3.63) is 42.0 Å². The number of anilines is 1. The largest absolute Gasteiger partial charge is 0.370 e. The number of rotatable bonds is 1. The predicted molar refractivity (Wildman–Crippen MR) is 73.7 cm³/mol. The van der Waals surface area contributed by atoms with E-state index in [1.54, 1.807) is 0 Å². The van der Waals surface area contributed by atoms with Gasteiger partial charge in [0.1, 0.15) is 0 Å². The average Bonchev–Trinajstić information content (AvgIpc) is 2.40. The second kappa shape index (κ2) is 4.27. The zero-order chi connectivity index (χ0) is 12.6. The Hall–Kier alpha value is -1.57. The first-order chi connectivity index (χ1) is 8.67. The number of carbonyl (C=O) groups is 1. The number of piperidine rings is 1. The molecular formula is C16H19NO. The highest BCUT2D eigenvalue weighted by Crippen LogP contribution is 2.42. The Balaban J connectivity index is 1.85. The van der Waals surface area contributed by atoms with Gasteiger partial charge in [-0.3, -0.25) is 4.79 Å². The molecule has 2 aliphatic rings. The van der Waals surface area contributed by atoms with Crippen LogP contribution in [-0.4, -0.2) is 18.9 Å². The van der Waals surface area contributed by atoms with E-state index in [-0.39, 0.29) is 5.41 Å². The van der Waals surface area contributed by atoms with Gasteiger partial charge in [0.05, 0.1) is 0 Å². The van der Waals surface area contributed by atoms with Crippen molar-refractivity contribution in [3.63, 3.8) is 0 Å². The number of hydrogen-bond donors (Lipinski definition) is 0. The highest BCUT2D eigenvalue weighted by Gasteiger charge is 2.37. The highest BCUT2D eigenvalue weighted by molar-refractivity contribution is 5.91. The molecule has 2 heteroatoms. The third-order valence-electron chi connectivity index (χ3n) is 4.35. The Morgan fingerprint density at radius 3 is 2.72 bits per heavy atom. The van der Waals surface area contributed by atoms with Crippen LogP contribution >= 0.6 is 0 Å². The summed E-state index contributed by atoms with van der Waals surface area (Å²) in [7, 11) is 0. The molecule has 1 aromatic carbocycles. The summed E-state index contributed by atoms with van der Waals surface area (Å²) in [6, 6.07) is 10.6. The molecule has 94 valence electrons. The van der Waals surface area contributed by atoms with Crippen LogP contribution in [0, 0.1) is 5.41 Å². The number of allylic oxidation sites excluding steroid dienone is 1. The zero-order valence-corrected chi connectivity index (χ0v) is 10.9. The van der Waals surface area contributed by atoms with Gasteiger partial charge in [-0.25, -0.2) is 0 Å². The minimum Gasteiger partial charge on any atom is -0.370 e. The summed E-state index contributed by atoms with van der Waals surface area (Å²) >= 11 is 0. The van der Waals surface area contributed by atoms with Crippen molar-refractivity contribution in [2.45, 2.75) is 26.2 Å². The highest BCUT2D eigenvalue weighted by atomic mass is 16.1. The van der Waals surface area contributed by atoms with Gasteiger partial charge >= 0.3 is 0 Å². The lowest BCUT2D eigenvalue weighted by Crippen LogP contribution is -2.45. The van der Waals surface area contributed by atoms with Crippen LogP contribution in [0.3, 0.4) is 0 Å². The summed E-state index contributed by atoms with van der Waals surface area (Å²) in [6.07, 6.45) is 4.65. The summed E-state index contributed by atoms with van der Waals surface area (Å²) in [5.74, 6) is 0.315. The average molecular weight is 241 g/mol. The molecule has 1 aliphatic carbocycles. The summed E-state index contributed by atoms with van der Waals surface area (Å²) in [5, 5.41) is 0. The van der Waals surface area contributed by atoms with Crippen molar-refractivity contribution in [2.24, 2.45) is 5.41 Å². The minimum absolute atomic E-state index is 0.196. The molecule has 1 saturated heterocycles. The third kappa shape index (κ3) is 1.96. The van der Waals surface area contributed by atoms with Crippen molar-refractivity contribution < 1.29 is 4.79 Å². The Kier molecular flexibility index (Phi) is 2.73. The van der Waals surface area contributed by atoms with Crippen molar-refractivity contribution in [1.29, 1.82) is 0 Å². The second-order valence-electron chi connectivity index (χ2n) is 5.70. The van der Waals surface area contributed by atoms with Crippen molar-refractivity contribution in [2.75, 3.05) is 18.0 Å². The Bertz CT molecular complexity index is 491. The van der Waals surface area contributed by atoms with E-state index in [4.69, 9.17) is 0 Å². The van der Waals surface area contributed by atoms with E-state index in [1.165, 1.54) is 11.3 Å². The maximum Gasteiger partial charge on any atom is 0.155 e. The van der Waals surface area contributed by atoms with Crippen LogP contribution in [-0.2, 0) is 4.79 Å². The number of carbonyl (C=O) groups excluding carboxylic acids is 1. The molecule has 0 saturated carbocycles. The van der Waals surface area contributed by atoms with Crippen LogP contribution in [0.5, 0.6) is 0 Å². The molecule has 1 atom stereocenters. The maximum absolute atomic E-state index is 11.5. The number of ketones is 1. The van der Waals surface area contributed by atoms with E-state index in [9.17, 15) is 4.79 Å². The molecule has 0 spiro atoms. The molecule has 1 aliphatic heterocycles. The Morgan fingerprint density at radius 2 is 1.94 bits per heavy atom. The topological polar surface area (TPSA) is 20.3 Å². The molecule has 0 N–H and O–H groups in total. The van der Waals surface area contributed by atoms with Crippen LogP contribution in [0.15, 0.2) is 42.0 Å². The summed E-state index contributed by atoms with van der Waals surface area (Å²) in [4.78, 5) is 14.0. The molecule has 0 bridgehead atoms. The summed E-state index contributed by atoms with van der Waals surface area (Å²) < 4.78 is 0. The van der Waals surface area contributed by atoms with Crippen molar-refractivity contribution >= 4 is 11.5 Å². The first-order valence-electron chi connectivity index (χ1n) is 6.71. The number of hydrogen-bond acceptors (Lipinski definition) is 2.